The SMILES string of the molecule is COc1ccc(-c2cc(-c3ccc(Cl)cc3)nc(SC(C)C)n2)cc1. The molecule has 0 aliphatic heterocycles. The zero-order valence-corrected chi connectivity index (χ0v) is 15.9. The van der Waals surface area contributed by atoms with Crippen molar-refractivity contribution in [3.05, 3.63) is 59.6 Å². The van der Waals surface area contributed by atoms with Crippen LogP contribution in [0.3, 0.4) is 0 Å². The van der Waals surface area contributed by atoms with Crippen molar-refractivity contribution in [3.8, 4) is 28.3 Å². The van der Waals surface area contributed by atoms with Gasteiger partial charge < -0.3 is 4.74 Å². The maximum absolute atomic E-state index is 6.01. The third kappa shape index (κ3) is 4.53. The first kappa shape index (κ1) is 17.8. The van der Waals surface area contributed by atoms with Crippen molar-refractivity contribution in [1.29, 1.82) is 0 Å². The number of rotatable bonds is 5. The van der Waals surface area contributed by atoms with Gasteiger partial charge in [-0.2, -0.15) is 0 Å². The molecule has 0 amide bonds. The van der Waals surface area contributed by atoms with Gasteiger partial charge in [0.1, 0.15) is 5.75 Å². The molecule has 1 heterocycles. The second-order valence-corrected chi connectivity index (χ2v) is 7.80. The molecule has 0 spiro atoms. The van der Waals surface area contributed by atoms with Crippen LogP contribution in [0.5, 0.6) is 5.75 Å². The largest absolute Gasteiger partial charge is 0.497 e. The van der Waals surface area contributed by atoms with Gasteiger partial charge in [0.2, 0.25) is 0 Å². The fourth-order valence-electron chi connectivity index (χ4n) is 2.37. The lowest BCUT2D eigenvalue weighted by Crippen LogP contribution is -1.97. The molecule has 0 aliphatic rings. The van der Waals surface area contributed by atoms with Gasteiger partial charge in [0, 0.05) is 21.4 Å². The summed E-state index contributed by atoms with van der Waals surface area (Å²) in [4.78, 5) is 9.44. The molecule has 0 bridgehead atoms. The fourth-order valence-corrected chi connectivity index (χ4v) is 3.22. The maximum atomic E-state index is 6.01. The number of nitrogens with zero attached hydrogens (tertiary/aromatic N) is 2. The molecule has 0 N–H and O–H groups in total. The molecule has 3 nitrogen and oxygen atoms in total. The highest BCUT2D eigenvalue weighted by atomic mass is 35.5. The van der Waals surface area contributed by atoms with E-state index in [1.54, 1.807) is 18.9 Å². The highest BCUT2D eigenvalue weighted by Crippen LogP contribution is 2.29. The van der Waals surface area contributed by atoms with Gasteiger partial charge >= 0.3 is 0 Å². The van der Waals surface area contributed by atoms with E-state index in [1.165, 1.54) is 0 Å². The van der Waals surface area contributed by atoms with Gasteiger partial charge in [0.15, 0.2) is 5.16 Å². The Morgan fingerprint density at radius 1 is 0.880 bits per heavy atom. The molecule has 0 saturated heterocycles. The summed E-state index contributed by atoms with van der Waals surface area (Å²) in [6.07, 6.45) is 0. The Kier molecular flexibility index (Phi) is 5.61. The standard InChI is InChI=1S/C20H19ClN2OS/c1-13(2)25-20-22-18(14-4-8-16(21)9-5-14)12-19(23-20)15-6-10-17(24-3)11-7-15/h4-13H,1-3H3. The van der Waals surface area contributed by atoms with Crippen molar-refractivity contribution in [2.75, 3.05) is 7.11 Å². The summed E-state index contributed by atoms with van der Waals surface area (Å²) in [5.74, 6) is 0.826. The molecule has 1 aromatic heterocycles. The van der Waals surface area contributed by atoms with Crippen LogP contribution in [-0.4, -0.2) is 22.3 Å². The molecular weight excluding hydrogens is 352 g/mol. The number of aromatic nitrogens is 2. The first-order chi connectivity index (χ1) is 12.0. The zero-order valence-electron chi connectivity index (χ0n) is 14.4. The lowest BCUT2D eigenvalue weighted by molar-refractivity contribution is 0.415. The third-order valence-corrected chi connectivity index (χ3v) is 4.69. The monoisotopic (exact) mass is 370 g/mol. The Hall–Kier alpha value is -2.04. The highest BCUT2D eigenvalue weighted by molar-refractivity contribution is 7.99. The Morgan fingerprint density at radius 3 is 1.88 bits per heavy atom. The highest BCUT2D eigenvalue weighted by Gasteiger charge is 2.11. The topological polar surface area (TPSA) is 35.0 Å². The second-order valence-electron chi connectivity index (χ2n) is 5.82. The minimum atomic E-state index is 0.407. The average molecular weight is 371 g/mol. The summed E-state index contributed by atoms with van der Waals surface area (Å²) < 4.78 is 5.24. The molecule has 2 aromatic carbocycles. The normalized spacial score (nSPS) is 10.9. The van der Waals surface area contributed by atoms with E-state index in [1.807, 2.05) is 54.6 Å². The summed E-state index contributed by atoms with van der Waals surface area (Å²) in [6, 6.07) is 17.6. The number of halogens is 1. The molecule has 0 unspecified atom stereocenters. The van der Waals surface area contributed by atoms with Gasteiger partial charge in [-0.1, -0.05) is 49.3 Å². The third-order valence-electron chi connectivity index (χ3n) is 3.57. The van der Waals surface area contributed by atoms with Crippen LogP contribution in [0.1, 0.15) is 13.8 Å². The van der Waals surface area contributed by atoms with Crippen molar-refractivity contribution >= 4 is 23.4 Å². The number of hydrogen-bond acceptors (Lipinski definition) is 4. The second kappa shape index (κ2) is 7.89. The maximum Gasteiger partial charge on any atom is 0.188 e. The smallest absolute Gasteiger partial charge is 0.188 e. The van der Waals surface area contributed by atoms with Gasteiger partial charge in [0.05, 0.1) is 18.5 Å². The van der Waals surface area contributed by atoms with Gasteiger partial charge in [-0.3, -0.25) is 0 Å². The minimum Gasteiger partial charge on any atom is -0.497 e. The summed E-state index contributed by atoms with van der Waals surface area (Å²) in [6.45, 7) is 4.27. The lowest BCUT2D eigenvalue weighted by Gasteiger charge is -2.10. The molecule has 3 rings (SSSR count). The van der Waals surface area contributed by atoms with Crippen LogP contribution in [-0.2, 0) is 0 Å². The predicted octanol–water partition coefficient (Wildman–Crippen LogP) is 5.97. The summed E-state index contributed by atoms with van der Waals surface area (Å²) in [7, 11) is 1.66. The van der Waals surface area contributed by atoms with Gasteiger partial charge in [-0.25, -0.2) is 9.97 Å². The van der Waals surface area contributed by atoms with Gasteiger partial charge in [-0.05, 0) is 42.5 Å². The van der Waals surface area contributed by atoms with Crippen LogP contribution < -0.4 is 4.74 Å². The average Bonchev–Trinajstić information content (AvgIpc) is 2.61. The number of ether oxygens (including phenoxy) is 1. The van der Waals surface area contributed by atoms with Crippen LogP contribution in [0.15, 0.2) is 59.8 Å². The molecule has 3 aromatic rings. The number of hydrogen-bond donors (Lipinski definition) is 0. The van der Waals surface area contributed by atoms with Crippen molar-refractivity contribution < 1.29 is 4.74 Å². The molecule has 0 saturated carbocycles. The van der Waals surface area contributed by atoms with Crippen molar-refractivity contribution in [3.63, 3.8) is 0 Å². The van der Waals surface area contributed by atoms with Crippen LogP contribution in [0.2, 0.25) is 5.02 Å². The van der Waals surface area contributed by atoms with Gasteiger partial charge in [0.25, 0.3) is 0 Å². The Morgan fingerprint density at radius 2 is 1.40 bits per heavy atom. The Balaban J connectivity index is 2.06. The fraction of sp³-hybridized carbons (Fsp3) is 0.200. The Labute approximate surface area is 157 Å². The van der Waals surface area contributed by atoms with E-state index >= 15 is 0 Å². The van der Waals surface area contributed by atoms with E-state index in [2.05, 4.69) is 13.8 Å². The lowest BCUT2D eigenvalue weighted by atomic mass is 10.1. The first-order valence-electron chi connectivity index (χ1n) is 8.01. The number of methoxy groups -OCH3 is 1. The zero-order chi connectivity index (χ0) is 17.8. The van der Waals surface area contributed by atoms with E-state index in [-0.39, 0.29) is 0 Å². The van der Waals surface area contributed by atoms with Gasteiger partial charge in [-0.15, -0.1) is 0 Å². The minimum absolute atomic E-state index is 0.407. The molecule has 25 heavy (non-hydrogen) atoms. The van der Waals surface area contributed by atoms with Crippen LogP contribution in [0.4, 0.5) is 0 Å². The quantitative estimate of drug-likeness (QED) is 0.409. The number of benzene rings is 2. The van der Waals surface area contributed by atoms with E-state index in [9.17, 15) is 0 Å². The summed E-state index contributed by atoms with van der Waals surface area (Å²) in [5, 5.41) is 1.89. The van der Waals surface area contributed by atoms with Crippen molar-refractivity contribution in [1.82, 2.24) is 9.97 Å². The van der Waals surface area contributed by atoms with E-state index in [0.717, 1.165) is 33.4 Å². The van der Waals surface area contributed by atoms with Crippen molar-refractivity contribution in [2.45, 2.75) is 24.3 Å². The molecule has 0 fully saturated rings. The van der Waals surface area contributed by atoms with E-state index in [0.29, 0.717) is 10.3 Å². The molecular formula is C20H19ClN2OS. The summed E-state index contributed by atoms with van der Waals surface area (Å²) >= 11 is 7.66. The molecule has 128 valence electrons. The van der Waals surface area contributed by atoms with Crippen LogP contribution >= 0.6 is 23.4 Å². The van der Waals surface area contributed by atoms with Crippen LogP contribution in [0, 0.1) is 0 Å². The summed E-state index contributed by atoms with van der Waals surface area (Å²) in [5.41, 5.74) is 3.84. The molecule has 0 aliphatic carbocycles. The van der Waals surface area contributed by atoms with E-state index in [4.69, 9.17) is 26.3 Å². The first-order valence-corrected chi connectivity index (χ1v) is 9.27. The molecule has 0 radical (unpaired) electrons. The van der Waals surface area contributed by atoms with Crippen molar-refractivity contribution in [2.24, 2.45) is 0 Å². The van der Waals surface area contributed by atoms with Crippen LogP contribution in [0.25, 0.3) is 22.5 Å². The molecule has 0 atom stereocenters. The number of thioether (sulfide) groups is 1. The Bertz CT molecular complexity index is 849. The molecule has 5 heteroatoms. The predicted molar refractivity (Wildman–Crippen MR) is 105 cm³/mol. The van der Waals surface area contributed by atoms with E-state index < -0.39 is 0 Å².